The first-order chi connectivity index (χ1) is 10.1. The van der Waals surface area contributed by atoms with Gasteiger partial charge in [0.2, 0.25) is 0 Å². The Morgan fingerprint density at radius 2 is 2.05 bits per heavy atom. The minimum Gasteiger partial charge on any atom is -0.295 e. The number of hydrogen-bond acceptors (Lipinski definition) is 1. The molecule has 0 bridgehead atoms. The van der Waals surface area contributed by atoms with E-state index in [9.17, 15) is 4.39 Å². The summed E-state index contributed by atoms with van der Waals surface area (Å²) in [5, 5.41) is 0.584. The smallest absolute Gasteiger partial charge is 0.124 e. The first-order valence-electron chi connectivity index (χ1n) is 6.29. The van der Waals surface area contributed by atoms with Gasteiger partial charge in [0.15, 0.2) is 0 Å². The topological polar surface area (TPSA) is 17.8 Å². The van der Waals surface area contributed by atoms with E-state index in [4.69, 9.17) is 23.2 Å². The van der Waals surface area contributed by atoms with E-state index < -0.39 is 0 Å². The lowest BCUT2D eigenvalue weighted by Gasteiger charge is -2.11. The van der Waals surface area contributed by atoms with Gasteiger partial charge in [0, 0.05) is 16.8 Å². The molecule has 0 atom stereocenters. The van der Waals surface area contributed by atoms with Crippen LogP contribution < -0.4 is 0 Å². The molecule has 0 unspecified atom stereocenters. The normalized spacial score (nSPS) is 11.2. The fourth-order valence-electron chi connectivity index (χ4n) is 2.30. The van der Waals surface area contributed by atoms with Crippen LogP contribution in [0.1, 0.15) is 5.82 Å². The van der Waals surface area contributed by atoms with Crippen LogP contribution in [0.3, 0.4) is 0 Å². The second-order valence-electron chi connectivity index (χ2n) is 4.51. The molecule has 0 aliphatic heterocycles. The van der Waals surface area contributed by atoms with E-state index in [2.05, 4.69) is 20.9 Å². The third kappa shape index (κ3) is 2.68. The third-order valence-electron chi connectivity index (χ3n) is 3.17. The molecule has 21 heavy (non-hydrogen) atoms. The Morgan fingerprint density at radius 3 is 2.76 bits per heavy atom. The number of benzene rings is 2. The number of halogens is 4. The predicted molar refractivity (Wildman–Crippen MR) is 88.2 cm³/mol. The number of aryl methyl sites for hydroxylation is 1. The van der Waals surface area contributed by atoms with Gasteiger partial charge >= 0.3 is 0 Å². The number of imidazole rings is 1. The highest BCUT2D eigenvalue weighted by molar-refractivity contribution is 9.10. The summed E-state index contributed by atoms with van der Waals surface area (Å²) in [5.74, 6) is 0.937. The summed E-state index contributed by atoms with van der Waals surface area (Å²) in [6, 6.07) is 10.1. The number of para-hydroxylation sites is 1. The molecule has 0 fully saturated rings. The molecular weight excluding hydrogens is 378 g/mol. The summed E-state index contributed by atoms with van der Waals surface area (Å²) in [6.07, 6.45) is 0.594. The highest BCUT2D eigenvalue weighted by atomic mass is 79.9. The molecule has 0 aliphatic rings. The van der Waals surface area contributed by atoms with Gasteiger partial charge in [0.1, 0.15) is 17.2 Å². The van der Waals surface area contributed by atoms with Crippen molar-refractivity contribution < 1.29 is 4.39 Å². The van der Waals surface area contributed by atoms with Gasteiger partial charge in [-0.15, -0.1) is 11.6 Å². The van der Waals surface area contributed by atoms with E-state index in [1.165, 1.54) is 12.1 Å². The van der Waals surface area contributed by atoms with Crippen molar-refractivity contribution in [1.29, 1.82) is 0 Å². The van der Waals surface area contributed by atoms with E-state index in [0.717, 1.165) is 22.5 Å². The lowest BCUT2D eigenvalue weighted by molar-refractivity contribution is 0.626. The van der Waals surface area contributed by atoms with Gasteiger partial charge in [0.05, 0.1) is 16.2 Å². The van der Waals surface area contributed by atoms with Crippen LogP contribution in [0.15, 0.2) is 40.9 Å². The number of alkyl halides is 1. The number of hydrogen-bond donors (Lipinski definition) is 0. The van der Waals surface area contributed by atoms with Crippen LogP contribution in [0.5, 0.6) is 0 Å². The average Bonchev–Trinajstić information content (AvgIpc) is 2.79. The molecule has 1 aromatic heterocycles. The first-order valence-corrected chi connectivity index (χ1v) is 7.99. The van der Waals surface area contributed by atoms with Crippen LogP contribution in [0.25, 0.3) is 16.7 Å². The second kappa shape index (κ2) is 5.95. The Hall–Kier alpha value is -1.10. The number of rotatable bonds is 3. The van der Waals surface area contributed by atoms with Gasteiger partial charge in [0.25, 0.3) is 0 Å². The molecule has 2 nitrogen and oxygen atoms in total. The molecule has 0 spiro atoms. The van der Waals surface area contributed by atoms with Gasteiger partial charge < -0.3 is 0 Å². The molecule has 0 aliphatic carbocycles. The maximum Gasteiger partial charge on any atom is 0.124 e. The van der Waals surface area contributed by atoms with Crippen LogP contribution in [0.4, 0.5) is 4.39 Å². The molecule has 6 heteroatoms. The molecule has 0 saturated heterocycles. The monoisotopic (exact) mass is 386 g/mol. The molecule has 3 aromatic rings. The molecule has 108 valence electrons. The molecule has 2 aromatic carbocycles. The van der Waals surface area contributed by atoms with Crippen molar-refractivity contribution in [2.24, 2.45) is 0 Å². The largest absolute Gasteiger partial charge is 0.295 e. The molecule has 0 radical (unpaired) electrons. The van der Waals surface area contributed by atoms with Crippen molar-refractivity contribution in [2.45, 2.75) is 6.42 Å². The van der Waals surface area contributed by atoms with Crippen molar-refractivity contribution in [2.75, 3.05) is 5.88 Å². The first kappa shape index (κ1) is 14.8. The molecular formula is C15H10BrCl2FN2. The van der Waals surface area contributed by atoms with Crippen LogP contribution in [-0.4, -0.2) is 15.4 Å². The SMILES string of the molecule is Fc1ccc(-n2c(CCCl)nc3c(Cl)cccc32)c(Br)c1. The van der Waals surface area contributed by atoms with E-state index in [1.807, 2.05) is 16.7 Å². The second-order valence-corrected chi connectivity index (χ2v) is 6.15. The fraction of sp³-hybridized carbons (Fsp3) is 0.133. The number of nitrogens with zero attached hydrogens (tertiary/aromatic N) is 2. The van der Waals surface area contributed by atoms with Crippen LogP contribution in [0.2, 0.25) is 5.02 Å². The van der Waals surface area contributed by atoms with Crippen molar-refractivity contribution >= 4 is 50.2 Å². The number of aromatic nitrogens is 2. The summed E-state index contributed by atoms with van der Waals surface area (Å²) >= 11 is 15.5. The quantitative estimate of drug-likeness (QED) is 0.553. The van der Waals surface area contributed by atoms with Crippen molar-refractivity contribution in [3.63, 3.8) is 0 Å². The Balaban J connectivity index is 2.33. The van der Waals surface area contributed by atoms with E-state index in [0.29, 0.717) is 21.8 Å². The van der Waals surface area contributed by atoms with Crippen LogP contribution >= 0.6 is 39.1 Å². The maximum absolute atomic E-state index is 13.3. The summed E-state index contributed by atoms with van der Waals surface area (Å²) < 4.78 is 15.9. The lowest BCUT2D eigenvalue weighted by atomic mass is 10.2. The fourth-order valence-corrected chi connectivity index (χ4v) is 3.21. The van der Waals surface area contributed by atoms with Crippen molar-refractivity contribution in [3.05, 3.63) is 57.5 Å². The van der Waals surface area contributed by atoms with E-state index in [1.54, 1.807) is 12.1 Å². The molecule has 1 heterocycles. The van der Waals surface area contributed by atoms with Gasteiger partial charge in [-0.25, -0.2) is 9.37 Å². The highest BCUT2D eigenvalue weighted by Gasteiger charge is 2.16. The van der Waals surface area contributed by atoms with Crippen LogP contribution in [0, 0.1) is 5.82 Å². The summed E-state index contributed by atoms with van der Waals surface area (Å²) in [4.78, 5) is 4.57. The summed E-state index contributed by atoms with van der Waals surface area (Å²) in [7, 11) is 0. The maximum atomic E-state index is 13.3. The van der Waals surface area contributed by atoms with Gasteiger partial charge in [-0.2, -0.15) is 0 Å². The summed E-state index contributed by atoms with van der Waals surface area (Å²) in [5.41, 5.74) is 2.40. The molecule has 0 N–H and O–H groups in total. The van der Waals surface area contributed by atoms with Crippen molar-refractivity contribution in [1.82, 2.24) is 9.55 Å². The zero-order chi connectivity index (χ0) is 15.0. The predicted octanol–water partition coefficient (Wildman–Crippen LogP) is 5.36. The van der Waals surface area contributed by atoms with E-state index >= 15 is 0 Å². The zero-order valence-corrected chi connectivity index (χ0v) is 13.9. The van der Waals surface area contributed by atoms with Crippen LogP contribution in [-0.2, 0) is 6.42 Å². The van der Waals surface area contributed by atoms with Gasteiger partial charge in [-0.1, -0.05) is 17.7 Å². The molecule has 0 amide bonds. The highest BCUT2D eigenvalue weighted by Crippen LogP contribution is 2.31. The Morgan fingerprint density at radius 1 is 1.24 bits per heavy atom. The van der Waals surface area contributed by atoms with Gasteiger partial charge in [-0.05, 0) is 46.3 Å². The Kier molecular flexibility index (Phi) is 4.20. The lowest BCUT2D eigenvalue weighted by Crippen LogP contribution is -2.03. The molecule has 0 saturated carbocycles. The third-order valence-corrected chi connectivity index (χ3v) is 4.30. The van der Waals surface area contributed by atoms with E-state index in [-0.39, 0.29) is 5.82 Å². The standard InChI is InChI=1S/C15H10BrCl2FN2/c16-10-8-9(19)4-5-12(10)21-13-3-1-2-11(18)15(13)20-14(21)6-7-17/h1-5,8H,6-7H2. The average molecular weight is 388 g/mol. The van der Waals surface area contributed by atoms with Gasteiger partial charge in [-0.3, -0.25) is 4.57 Å². The minimum atomic E-state index is -0.299. The zero-order valence-electron chi connectivity index (χ0n) is 10.8. The number of fused-ring (bicyclic) bond motifs is 1. The molecule has 3 rings (SSSR count). The Bertz CT molecular complexity index is 817. The Labute approximate surface area is 139 Å². The van der Waals surface area contributed by atoms with Crippen molar-refractivity contribution in [3.8, 4) is 5.69 Å². The minimum absolute atomic E-state index is 0.299. The summed E-state index contributed by atoms with van der Waals surface area (Å²) in [6.45, 7) is 0.